The van der Waals surface area contributed by atoms with Gasteiger partial charge in [-0.2, -0.15) is 0 Å². The first-order chi connectivity index (χ1) is 11.2. The monoisotopic (exact) mass is 326 g/mol. The molecule has 2 aromatic rings. The van der Waals surface area contributed by atoms with Crippen molar-refractivity contribution in [2.24, 2.45) is 5.73 Å². The lowest BCUT2D eigenvalue weighted by Gasteiger charge is -2.03. The van der Waals surface area contributed by atoms with E-state index in [4.69, 9.17) is 5.73 Å². The summed E-state index contributed by atoms with van der Waals surface area (Å²) in [6.07, 6.45) is 6.87. The number of carbonyl (C=O) groups excluding carboxylic acids is 1. The third kappa shape index (κ3) is 5.44. The van der Waals surface area contributed by atoms with E-state index in [0.29, 0.717) is 23.2 Å². The zero-order valence-corrected chi connectivity index (χ0v) is 13.3. The van der Waals surface area contributed by atoms with E-state index in [0.717, 1.165) is 5.56 Å². The molecule has 4 N–H and O–H groups in total. The Hall–Kier alpha value is -2.86. The number of allylic oxidation sites excluding steroid dienone is 4. The first-order valence-electron chi connectivity index (χ1n) is 6.98. The molecular weight excluding hydrogens is 308 g/mol. The van der Waals surface area contributed by atoms with Crippen molar-refractivity contribution in [2.45, 2.75) is 6.54 Å². The molecule has 1 aromatic heterocycles. The fraction of sp³-hybridized carbons (Fsp3) is 0.0588. The molecule has 0 aliphatic rings. The summed E-state index contributed by atoms with van der Waals surface area (Å²) in [5.74, 6) is 0.223. The highest BCUT2D eigenvalue weighted by Crippen LogP contribution is 2.16. The number of benzene rings is 1. The van der Waals surface area contributed by atoms with Crippen LogP contribution in [0.2, 0.25) is 0 Å². The van der Waals surface area contributed by atoms with E-state index in [1.165, 1.54) is 11.3 Å². The number of nitrogens with zero attached hydrogens (tertiary/aromatic N) is 1. The number of amides is 1. The highest BCUT2D eigenvalue weighted by molar-refractivity contribution is 7.13. The highest BCUT2D eigenvalue weighted by atomic mass is 32.1. The molecule has 0 saturated heterocycles. The van der Waals surface area contributed by atoms with Crippen molar-refractivity contribution in [3.05, 3.63) is 83.7 Å². The van der Waals surface area contributed by atoms with Crippen LogP contribution in [-0.4, -0.2) is 10.9 Å². The van der Waals surface area contributed by atoms with E-state index in [2.05, 4.69) is 22.2 Å². The Balaban J connectivity index is 1.90. The predicted molar refractivity (Wildman–Crippen MR) is 95.0 cm³/mol. The number of nitrogens with two attached hydrogens (primary N) is 1. The van der Waals surface area contributed by atoms with Crippen molar-refractivity contribution >= 4 is 22.4 Å². The molecule has 1 heterocycles. The van der Waals surface area contributed by atoms with Gasteiger partial charge in [0.2, 0.25) is 0 Å². The molecule has 1 amide bonds. The van der Waals surface area contributed by atoms with Gasteiger partial charge in [0.05, 0.1) is 0 Å². The van der Waals surface area contributed by atoms with Crippen molar-refractivity contribution in [2.75, 3.05) is 5.32 Å². The standard InChI is InChI=1S/C17H18N4OS/c1-2-3-5-10-15(18)21-17-20-14(12-23-17)16(22)19-11-13-8-6-4-7-9-13/h2-10,12H,1,11,18H2,(H,19,22)(H,20,21)/b5-3-,15-10+. The lowest BCUT2D eigenvalue weighted by Crippen LogP contribution is -2.23. The van der Waals surface area contributed by atoms with Crippen molar-refractivity contribution in [1.82, 2.24) is 10.3 Å². The first kappa shape index (κ1) is 16.5. The van der Waals surface area contributed by atoms with Crippen molar-refractivity contribution < 1.29 is 4.79 Å². The fourth-order valence-electron chi connectivity index (χ4n) is 1.71. The quantitative estimate of drug-likeness (QED) is 0.683. The largest absolute Gasteiger partial charge is 0.385 e. The van der Waals surface area contributed by atoms with Crippen LogP contribution in [0, 0.1) is 0 Å². The van der Waals surface area contributed by atoms with Gasteiger partial charge in [-0.15, -0.1) is 11.3 Å². The van der Waals surface area contributed by atoms with Gasteiger partial charge in [-0.3, -0.25) is 4.79 Å². The minimum absolute atomic E-state index is 0.216. The molecule has 0 saturated carbocycles. The zero-order valence-electron chi connectivity index (χ0n) is 12.5. The van der Waals surface area contributed by atoms with Crippen LogP contribution in [0.25, 0.3) is 0 Å². The van der Waals surface area contributed by atoms with Crippen LogP contribution in [-0.2, 0) is 6.54 Å². The van der Waals surface area contributed by atoms with E-state index in [9.17, 15) is 4.79 Å². The molecular formula is C17H18N4OS. The Morgan fingerprint density at radius 1 is 1.30 bits per heavy atom. The van der Waals surface area contributed by atoms with Crippen molar-refractivity contribution in [3.63, 3.8) is 0 Å². The Bertz CT molecular complexity index is 719. The average molecular weight is 326 g/mol. The number of anilines is 1. The van der Waals surface area contributed by atoms with Gasteiger partial charge >= 0.3 is 0 Å². The van der Waals surface area contributed by atoms with Crippen LogP contribution in [0.3, 0.4) is 0 Å². The highest BCUT2D eigenvalue weighted by Gasteiger charge is 2.10. The maximum atomic E-state index is 12.1. The van der Waals surface area contributed by atoms with Crippen LogP contribution in [0.15, 0.2) is 72.4 Å². The second kappa shape index (κ2) is 8.55. The number of hydrogen-bond acceptors (Lipinski definition) is 5. The van der Waals surface area contributed by atoms with Crippen LogP contribution in [0.1, 0.15) is 16.1 Å². The Morgan fingerprint density at radius 3 is 2.83 bits per heavy atom. The maximum Gasteiger partial charge on any atom is 0.271 e. The van der Waals surface area contributed by atoms with E-state index in [1.54, 1.807) is 29.7 Å². The molecule has 0 fully saturated rings. The van der Waals surface area contributed by atoms with Gasteiger partial charge in [0, 0.05) is 11.9 Å². The van der Waals surface area contributed by atoms with E-state index >= 15 is 0 Å². The molecule has 2 rings (SSSR count). The summed E-state index contributed by atoms with van der Waals surface area (Å²) in [6, 6.07) is 9.71. The average Bonchev–Trinajstić information content (AvgIpc) is 3.02. The fourth-order valence-corrected chi connectivity index (χ4v) is 2.42. The minimum Gasteiger partial charge on any atom is -0.385 e. The second-order valence-corrected chi connectivity index (χ2v) is 5.43. The number of carbonyl (C=O) groups is 1. The van der Waals surface area contributed by atoms with E-state index < -0.39 is 0 Å². The molecule has 118 valence electrons. The molecule has 5 nitrogen and oxygen atoms in total. The molecule has 0 bridgehead atoms. The van der Waals surface area contributed by atoms with Gasteiger partial charge in [-0.05, 0) is 11.6 Å². The van der Waals surface area contributed by atoms with Crippen molar-refractivity contribution in [3.8, 4) is 0 Å². The van der Waals surface area contributed by atoms with E-state index in [1.807, 2.05) is 30.3 Å². The summed E-state index contributed by atoms with van der Waals surface area (Å²) in [5.41, 5.74) is 7.20. The molecule has 1 aromatic carbocycles. The summed E-state index contributed by atoms with van der Waals surface area (Å²) >= 11 is 1.32. The number of rotatable bonds is 7. The minimum atomic E-state index is -0.216. The van der Waals surface area contributed by atoms with Gasteiger partial charge in [-0.1, -0.05) is 55.1 Å². The van der Waals surface area contributed by atoms with Crippen LogP contribution in [0.4, 0.5) is 5.13 Å². The third-order valence-corrected chi connectivity index (χ3v) is 3.56. The van der Waals surface area contributed by atoms with Gasteiger partial charge in [-0.25, -0.2) is 4.98 Å². The van der Waals surface area contributed by atoms with Gasteiger partial charge in [0.15, 0.2) is 5.13 Å². The Morgan fingerprint density at radius 2 is 2.09 bits per heavy atom. The Kier molecular flexibility index (Phi) is 6.14. The van der Waals surface area contributed by atoms with Gasteiger partial charge in [0.1, 0.15) is 11.5 Å². The number of thiazole rings is 1. The third-order valence-electron chi connectivity index (χ3n) is 2.81. The normalized spacial score (nSPS) is 11.4. The number of hydrogen-bond donors (Lipinski definition) is 3. The summed E-state index contributed by atoms with van der Waals surface area (Å²) in [4.78, 5) is 16.3. The SMILES string of the molecule is C=C/C=C\C=C(/N)Nc1nc(C(=O)NCc2ccccc2)cs1. The predicted octanol–water partition coefficient (Wildman–Crippen LogP) is 3.03. The molecule has 23 heavy (non-hydrogen) atoms. The van der Waals surface area contributed by atoms with Gasteiger partial charge < -0.3 is 16.4 Å². The number of nitrogens with one attached hydrogen (secondary N) is 2. The number of aromatic nitrogens is 1. The smallest absolute Gasteiger partial charge is 0.271 e. The van der Waals surface area contributed by atoms with Crippen LogP contribution >= 0.6 is 11.3 Å². The van der Waals surface area contributed by atoms with Crippen LogP contribution < -0.4 is 16.4 Å². The zero-order chi connectivity index (χ0) is 16.5. The summed E-state index contributed by atoms with van der Waals surface area (Å²) < 4.78 is 0. The summed E-state index contributed by atoms with van der Waals surface area (Å²) in [5, 5.41) is 8.02. The van der Waals surface area contributed by atoms with E-state index in [-0.39, 0.29) is 5.91 Å². The Labute approximate surface area is 139 Å². The molecule has 0 spiro atoms. The summed E-state index contributed by atoms with van der Waals surface area (Å²) in [6.45, 7) is 4.04. The molecule has 0 radical (unpaired) electrons. The van der Waals surface area contributed by atoms with Crippen LogP contribution in [0.5, 0.6) is 0 Å². The molecule has 0 atom stereocenters. The topological polar surface area (TPSA) is 80.0 Å². The maximum absolute atomic E-state index is 12.1. The summed E-state index contributed by atoms with van der Waals surface area (Å²) in [7, 11) is 0. The second-order valence-electron chi connectivity index (χ2n) is 4.57. The lowest BCUT2D eigenvalue weighted by molar-refractivity contribution is 0.0946. The lowest BCUT2D eigenvalue weighted by atomic mass is 10.2. The molecule has 6 heteroatoms. The van der Waals surface area contributed by atoms with Crippen molar-refractivity contribution in [1.29, 1.82) is 0 Å². The first-order valence-corrected chi connectivity index (χ1v) is 7.86. The van der Waals surface area contributed by atoms with Gasteiger partial charge in [0.25, 0.3) is 5.91 Å². The molecule has 0 aliphatic carbocycles. The molecule has 0 aliphatic heterocycles. The molecule has 0 unspecified atom stereocenters.